The van der Waals surface area contributed by atoms with Crippen molar-refractivity contribution in [3.63, 3.8) is 0 Å². The first kappa shape index (κ1) is 12.4. The third kappa shape index (κ3) is 2.97. The highest BCUT2D eigenvalue weighted by molar-refractivity contribution is 5.71. The lowest BCUT2D eigenvalue weighted by Gasteiger charge is -1.95. The van der Waals surface area contributed by atoms with E-state index in [-0.39, 0.29) is 12.4 Å². The molecule has 0 amide bonds. The average molecular weight is 245 g/mol. The van der Waals surface area contributed by atoms with Gasteiger partial charge in [0.05, 0.1) is 19.2 Å². The fraction of sp³-hybridized carbons (Fsp3) is 0.286. The number of carbonyl (C=O) groups excluding carboxylic acids is 1. The minimum atomic E-state index is -0.308. The van der Waals surface area contributed by atoms with Gasteiger partial charge < -0.3 is 9.15 Å². The molecule has 0 fully saturated rings. The normalized spacial score (nSPS) is 10.3. The van der Waals surface area contributed by atoms with Crippen molar-refractivity contribution in [2.75, 3.05) is 7.11 Å². The second-order valence-electron chi connectivity index (χ2n) is 4.03. The molecule has 1 aromatic carbocycles. The molecule has 0 N–H and O–H groups in total. The maximum Gasteiger partial charge on any atom is 0.311 e. The molecule has 4 nitrogen and oxygen atoms in total. The molecule has 1 heterocycles. The Hall–Kier alpha value is -2.10. The molecule has 0 radical (unpaired) electrons. The van der Waals surface area contributed by atoms with Gasteiger partial charge in [-0.05, 0) is 12.5 Å². The Morgan fingerprint density at radius 2 is 2.06 bits per heavy atom. The number of oxazole rings is 1. The Morgan fingerprint density at radius 3 is 2.72 bits per heavy atom. The molecule has 0 spiro atoms. The summed E-state index contributed by atoms with van der Waals surface area (Å²) >= 11 is 0. The molecule has 0 bridgehead atoms. The van der Waals surface area contributed by atoms with Crippen LogP contribution in [0.5, 0.6) is 0 Å². The third-order valence-corrected chi connectivity index (χ3v) is 2.67. The molecule has 0 saturated heterocycles. The second-order valence-corrected chi connectivity index (χ2v) is 4.03. The van der Waals surface area contributed by atoms with Crippen LogP contribution in [0.4, 0.5) is 0 Å². The molecule has 4 heteroatoms. The topological polar surface area (TPSA) is 52.3 Å². The number of carbonyl (C=O) groups is 1. The first-order chi connectivity index (χ1) is 8.69. The van der Waals surface area contributed by atoms with Crippen LogP contribution in [-0.4, -0.2) is 18.1 Å². The maximum atomic E-state index is 11.2. The van der Waals surface area contributed by atoms with Gasteiger partial charge in [-0.25, -0.2) is 4.98 Å². The molecule has 0 atom stereocenters. The van der Waals surface area contributed by atoms with Crippen molar-refractivity contribution >= 4 is 5.97 Å². The number of rotatable bonds is 4. The van der Waals surface area contributed by atoms with Crippen LogP contribution >= 0.6 is 0 Å². The zero-order valence-electron chi connectivity index (χ0n) is 10.5. The Labute approximate surface area is 106 Å². The van der Waals surface area contributed by atoms with Gasteiger partial charge in [0, 0.05) is 6.42 Å². The van der Waals surface area contributed by atoms with Gasteiger partial charge in [0.1, 0.15) is 5.76 Å². The van der Waals surface area contributed by atoms with E-state index >= 15 is 0 Å². The minimum absolute atomic E-state index is 0.153. The summed E-state index contributed by atoms with van der Waals surface area (Å²) in [4.78, 5) is 15.5. The van der Waals surface area contributed by atoms with Crippen LogP contribution in [0.2, 0.25) is 0 Å². The fourth-order valence-electron chi connectivity index (χ4n) is 1.71. The largest absolute Gasteiger partial charge is 0.469 e. The number of nitrogens with zero attached hydrogens (tertiary/aromatic N) is 1. The molecule has 2 rings (SSSR count). The molecular formula is C14H15NO3. The van der Waals surface area contributed by atoms with Crippen molar-refractivity contribution < 1.29 is 13.9 Å². The van der Waals surface area contributed by atoms with Crippen LogP contribution in [0.15, 0.2) is 34.7 Å². The summed E-state index contributed by atoms with van der Waals surface area (Å²) in [6, 6.07) is 9.94. The quantitative estimate of drug-likeness (QED) is 0.775. The van der Waals surface area contributed by atoms with Gasteiger partial charge in [-0.15, -0.1) is 0 Å². The zero-order valence-corrected chi connectivity index (χ0v) is 10.5. The smallest absolute Gasteiger partial charge is 0.311 e. The van der Waals surface area contributed by atoms with E-state index in [0.717, 1.165) is 5.56 Å². The lowest BCUT2D eigenvalue weighted by molar-refractivity contribution is -0.139. The number of aryl methyl sites for hydroxylation is 1. The van der Waals surface area contributed by atoms with Crippen LogP contribution < -0.4 is 0 Å². The lowest BCUT2D eigenvalue weighted by atomic mass is 10.1. The second kappa shape index (κ2) is 5.49. The summed E-state index contributed by atoms with van der Waals surface area (Å²) in [6.45, 7) is 1.81. The molecule has 94 valence electrons. The summed E-state index contributed by atoms with van der Waals surface area (Å²) in [7, 11) is 1.36. The molecule has 0 saturated carbocycles. The van der Waals surface area contributed by atoms with Gasteiger partial charge >= 0.3 is 5.97 Å². The Bertz CT molecular complexity index is 531. The molecule has 0 aliphatic carbocycles. The van der Waals surface area contributed by atoms with E-state index in [1.165, 1.54) is 7.11 Å². The van der Waals surface area contributed by atoms with E-state index in [4.69, 9.17) is 4.42 Å². The molecule has 2 aromatic rings. The van der Waals surface area contributed by atoms with E-state index < -0.39 is 0 Å². The number of esters is 1. The third-order valence-electron chi connectivity index (χ3n) is 2.67. The van der Waals surface area contributed by atoms with Gasteiger partial charge in [0.15, 0.2) is 5.89 Å². The van der Waals surface area contributed by atoms with Crippen LogP contribution in [0.3, 0.4) is 0 Å². The van der Waals surface area contributed by atoms with E-state index in [1.807, 2.05) is 30.3 Å². The molecule has 1 aromatic heterocycles. The molecular weight excluding hydrogens is 230 g/mol. The number of benzene rings is 1. The van der Waals surface area contributed by atoms with Gasteiger partial charge in [0.2, 0.25) is 0 Å². The molecule has 0 aliphatic heterocycles. The standard InChI is InChI=1S/C14H15NO3/c1-10-12(9-14(16)17-2)15-13(18-10)8-11-6-4-3-5-7-11/h3-7H,8-9H2,1-2H3. The van der Waals surface area contributed by atoms with Gasteiger partial charge in [-0.2, -0.15) is 0 Å². The Morgan fingerprint density at radius 1 is 1.33 bits per heavy atom. The van der Waals surface area contributed by atoms with Crippen LogP contribution in [0.25, 0.3) is 0 Å². The summed E-state index contributed by atoms with van der Waals surface area (Å²) in [6.07, 6.45) is 0.781. The van der Waals surface area contributed by atoms with E-state index in [0.29, 0.717) is 23.8 Å². The number of methoxy groups -OCH3 is 1. The first-order valence-electron chi connectivity index (χ1n) is 5.75. The average Bonchev–Trinajstić information content (AvgIpc) is 2.70. The summed E-state index contributed by atoms with van der Waals surface area (Å²) < 4.78 is 10.2. The predicted molar refractivity (Wildman–Crippen MR) is 66.2 cm³/mol. The van der Waals surface area contributed by atoms with E-state index in [1.54, 1.807) is 6.92 Å². The number of hydrogen-bond acceptors (Lipinski definition) is 4. The number of hydrogen-bond donors (Lipinski definition) is 0. The summed E-state index contributed by atoms with van der Waals surface area (Å²) in [5, 5.41) is 0. The fourth-order valence-corrected chi connectivity index (χ4v) is 1.71. The minimum Gasteiger partial charge on any atom is -0.469 e. The highest BCUT2D eigenvalue weighted by Crippen LogP contribution is 2.14. The van der Waals surface area contributed by atoms with Crippen molar-refractivity contribution in [3.05, 3.63) is 53.2 Å². The lowest BCUT2D eigenvalue weighted by Crippen LogP contribution is -2.05. The SMILES string of the molecule is COC(=O)Cc1nc(Cc2ccccc2)oc1C. The number of ether oxygens (including phenoxy) is 1. The Kier molecular flexibility index (Phi) is 3.77. The van der Waals surface area contributed by atoms with Crippen LogP contribution in [-0.2, 0) is 22.4 Å². The highest BCUT2D eigenvalue weighted by Gasteiger charge is 2.13. The molecule has 18 heavy (non-hydrogen) atoms. The highest BCUT2D eigenvalue weighted by atomic mass is 16.5. The monoisotopic (exact) mass is 245 g/mol. The van der Waals surface area contributed by atoms with Gasteiger partial charge in [0.25, 0.3) is 0 Å². The van der Waals surface area contributed by atoms with Crippen LogP contribution in [0, 0.1) is 6.92 Å². The number of aromatic nitrogens is 1. The van der Waals surface area contributed by atoms with Crippen molar-refractivity contribution in [2.24, 2.45) is 0 Å². The first-order valence-corrected chi connectivity index (χ1v) is 5.75. The van der Waals surface area contributed by atoms with Crippen LogP contribution in [0.1, 0.15) is 22.9 Å². The molecule has 0 aliphatic rings. The van der Waals surface area contributed by atoms with Crippen molar-refractivity contribution in [3.8, 4) is 0 Å². The molecule has 0 unspecified atom stereocenters. The van der Waals surface area contributed by atoms with Gasteiger partial charge in [-0.3, -0.25) is 4.79 Å². The van der Waals surface area contributed by atoms with E-state index in [9.17, 15) is 4.79 Å². The Balaban J connectivity index is 2.11. The van der Waals surface area contributed by atoms with Crippen molar-refractivity contribution in [2.45, 2.75) is 19.8 Å². The summed E-state index contributed by atoms with van der Waals surface area (Å²) in [5.74, 6) is 0.988. The summed E-state index contributed by atoms with van der Waals surface area (Å²) in [5.41, 5.74) is 1.77. The van der Waals surface area contributed by atoms with Crippen molar-refractivity contribution in [1.29, 1.82) is 0 Å². The van der Waals surface area contributed by atoms with Crippen molar-refractivity contribution in [1.82, 2.24) is 4.98 Å². The van der Waals surface area contributed by atoms with E-state index in [2.05, 4.69) is 9.72 Å². The predicted octanol–water partition coefficient (Wildman–Crippen LogP) is 2.29. The maximum absolute atomic E-state index is 11.2. The zero-order chi connectivity index (χ0) is 13.0. The van der Waals surface area contributed by atoms with Gasteiger partial charge in [-0.1, -0.05) is 30.3 Å².